The molecule has 4 rings (SSSR count). The normalized spacial score (nSPS) is 25.4. The average Bonchev–Trinajstić information content (AvgIpc) is 2.59. The Kier molecular flexibility index (Phi) is 4.43. The Labute approximate surface area is 154 Å². The van der Waals surface area contributed by atoms with Crippen molar-refractivity contribution in [2.45, 2.75) is 43.8 Å². The number of rotatable bonds is 3. The van der Waals surface area contributed by atoms with Crippen molar-refractivity contribution < 1.29 is 0 Å². The number of nitrogens with zero attached hydrogens (tertiary/aromatic N) is 1. The van der Waals surface area contributed by atoms with Crippen LogP contribution in [-0.2, 0) is 5.41 Å². The first-order valence-electron chi connectivity index (χ1n) is 9.51. The Balaban J connectivity index is 1.69. The molecule has 0 bridgehead atoms. The number of anilines is 1. The fourth-order valence-corrected chi connectivity index (χ4v) is 5.03. The second kappa shape index (κ2) is 6.59. The minimum atomic E-state index is 0.188. The van der Waals surface area contributed by atoms with Gasteiger partial charge >= 0.3 is 0 Å². The quantitative estimate of drug-likeness (QED) is 0.778. The molecule has 1 nitrogen and oxygen atoms in total. The Morgan fingerprint density at radius 2 is 1.76 bits per heavy atom. The van der Waals surface area contributed by atoms with Crippen LogP contribution in [0.3, 0.4) is 0 Å². The summed E-state index contributed by atoms with van der Waals surface area (Å²) in [5.74, 6) is 1.000. The van der Waals surface area contributed by atoms with Gasteiger partial charge in [-0.05, 0) is 37.0 Å². The molecular formula is C22H25B2N. The minimum Gasteiger partial charge on any atom is -0.370 e. The zero-order valence-electron chi connectivity index (χ0n) is 15.1. The third-order valence-electron chi connectivity index (χ3n) is 6.48. The van der Waals surface area contributed by atoms with Gasteiger partial charge in [0, 0.05) is 24.2 Å². The SMILES string of the molecule is [B]c1cccc(C2(C3CCC[C@@H]([B])C3)CN(c3ccccc3)C2)c1C. The van der Waals surface area contributed by atoms with E-state index < -0.39 is 0 Å². The first-order chi connectivity index (χ1) is 12.1. The molecule has 4 radical (unpaired) electrons. The van der Waals surface area contributed by atoms with Crippen molar-refractivity contribution in [3.05, 3.63) is 59.7 Å². The van der Waals surface area contributed by atoms with Crippen molar-refractivity contribution in [2.24, 2.45) is 5.92 Å². The minimum absolute atomic E-state index is 0.188. The molecule has 124 valence electrons. The summed E-state index contributed by atoms with van der Waals surface area (Å²) in [5.41, 5.74) is 5.12. The maximum Gasteiger partial charge on any atom is 0.114 e. The maximum atomic E-state index is 6.35. The lowest BCUT2D eigenvalue weighted by atomic mass is 9.56. The number of benzene rings is 2. The summed E-state index contributed by atoms with van der Waals surface area (Å²) in [6.45, 7) is 4.32. The lowest BCUT2D eigenvalue weighted by Crippen LogP contribution is -2.64. The number of hydrogen-bond donors (Lipinski definition) is 0. The molecule has 1 aliphatic heterocycles. The second-order valence-electron chi connectivity index (χ2n) is 7.99. The van der Waals surface area contributed by atoms with Crippen molar-refractivity contribution in [2.75, 3.05) is 18.0 Å². The summed E-state index contributed by atoms with van der Waals surface area (Å²) in [7, 11) is 12.6. The van der Waals surface area contributed by atoms with Crippen LogP contribution in [0.5, 0.6) is 0 Å². The maximum absolute atomic E-state index is 6.35. The standard InChI is InChI=1S/C22H25B2N/c1-16-20(11-6-12-21(16)24)22(17-7-5-8-18(23)13-17)14-25(15-22)19-9-3-2-4-10-19/h2-4,6,9-12,17-18H,5,7-8,13-15H2,1H3/t17?,18-/m1/s1. The molecule has 0 aromatic heterocycles. The second-order valence-corrected chi connectivity index (χ2v) is 7.99. The zero-order chi connectivity index (χ0) is 17.4. The molecular weight excluding hydrogens is 300 g/mol. The van der Waals surface area contributed by atoms with Crippen molar-refractivity contribution in [3.8, 4) is 0 Å². The Morgan fingerprint density at radius 1 is 1.00 bits per heavy atom. The fourth-order valence-electron chi connectivity index (χ4n) is 5.03. The van der Waals surface area contributed by atoms with Crippen LogP contribution in [0.25, 0.3) is 0 Å². The van der Waals surface area contributed by atoms with Gasteiger partial charge in [0.05, 0.1) is 7.85 Å². The van der Waals surface area contributed by atoms with Crippen LogP contribution in [0.1, 0.15) is 36.8 Å². The van der Waals surface area contributed by atoms with E-state index in [2.05, 4.69) is 54.3 Å². The molecule has 2 atom stereocenters. The van der Waals surface area contributed by atoms with Gasteiger partial charge in [0.2, 0.25) is 0 Å². The average molecular weight is 325 g/mol. The lowest BCUT2D eigenvalue weighted by molar-refractivity contribution is 0.161. The van der Waals surface area contributed by atoms with E-state index in [0.717, 1.165) is 25.0 Å². The van der Waals surface area contributed by atoms with Gasteiger partial charge in [-0.25, -0.2) is 0 Å². The topological polar surface area (TPSA) is 3.24 Å². The molecule has 2 aromatic rings. The van der Waals surface area contributed by atoms with E-state index in [1.54, 1.807) is 0 Å². The van der Waals surface area contributed by atoms with E-state index in [1.807, 2.05) is 6.07 Å². The molecule has 0 amide bonds. The smallest absolute Gasteiger partial charge is 0.114 e. The number of hydrogen-bond acceptors (Lipinski definition) is 1. The molecule has 1 saturated carbocycles. The van der Waals surface area contributed by atoms with Gasteiger partial charge in [-0.3, -0.25) is 0 Å². The fraction of sp³-hybridized carbons (Fsp3) is 0.455. The highest BCUT2D eigenvalue weighted by Gasteiger charge is 2.51. The first kappa shape index (κ1) is 16.8. The summed E-state index contributed by atoms with van der Waals surface area (Å²) in [4.78, 5) is 2.50. The molecule has 1 heterocycles. The molecule has 1 saturated heterocycles. The molecule has 2 aromatic carbocycles. The molecule has 1 unspecified atom stereocenters. The Morgan fingerprint density at radius 3 is 2.48 bits per heavy atom. The predicted octanol–water partition coefficient (Wildman–Crippen LogP) is 3.69. The van der Waals surface area contributed by atoms with Gasteiger partial charge in [0.25, 0.3) is 0 Å². The van der Waals surface area contributed by atoms with Crippen molar-refractivity contribution in [1.82, 2.24) is 0 Å². The summed E-state index contributed by atoms with van der Waals surface area (Å²) in [6, 6.07) is 17.2. The van der Waals surface area contributed by atoms with Gasteiger partial charge in [0.15, 0.2) is 0 Å². The Hall–Kier alpha value is -1.63. The summed E-state index contributed by atoms with van der Waals surface area (Å²) in [6.07, 6.45) is 4.84. The van der Waals surface area contributed by atoms with Crippen LogP contribution >= 0.6 is 0 Å². The first-order valence-corrected chi connectivity index (χ1v) is 9.51. The highest BCUT2D eigenvalue weighted by molar-refractivity contribution is 6.33. The molecule has 0 N–H and O–H groups in total. The van der Waals surface area contributed by atoms with E-state index in [4.69, 9.17) is 15.7 Å². The molecule has 0 spiro atoms. The van der Waals surface area contributed by atoms with E-state index >= 15 is 0 Å². The van der Waals surface area contributed by atoms with Crippen LogP contribution in [0.2, 0.25) is 5.82 Å². The van der Waals surface area contributed by atoms with Crippen LogP contribution < -0.4 is 10.4 Å². The van der Waals surface area contributed by atoms with Gasteiger partial charge in [-0.15, -0.1) is 0 Å². The van der Waals surface area contributed by atoms with Crippen molar-refractivity contribution in [1.29, 1.82) is 0 Å². The summed E-state index contributed by atoms with van der Waals surface area (Å²) >= 11 is 0. The molecule has 2 aliphatic rings. The molecule has 2 fully saturated rings. The highest BCUT2D eigenvalue weighted by atomic mass is 15.2. The zero-order valence-corrected chi connectivity index (χ0v) is 15.1. The third kappa shape index (κ3) is 2.92. The van der Waals surface area contributed by atoms with Gasteiger partial charge in [-0.1, -0.05) is 72.5 Å². The van der Waals surface area contributed by atoms with E-state index in [-0.39, 0.29) is 5.41 Å². The molecule has 3 heteroatoms. The van der Waals surface area contributed by atoms with Crippen molar-refractivity contribution >= 4 is 26.8 Å². The lowest BCUT2D eigenvalue weighted by Gasteiger charge is -2.58. The van der Waals surface area contributed by atoms with Crippen LogP contribution in [0.4, 0.5) is 5.69 Å². The van der Waals surface area contributed by atoms with Gasteiger partial charge < -0.3 is 4.90 Å². The molecule has 25 heavy (non-hydrogen) atoms. The van der Waals surface area contributed by atoms with E-state index in [9.17, 15) is 0 Å². The largest absolute Gasteiger partial charge is 0.370 e. The van der Waals surface area contributed by atoms with Gasteiger partial charge in [-0.2, -0.15) is 0 Å². The highest BCUT2D eigenvalue weighted by Crippen LogP contribution is 2.50. The summed E-state index contributed by atoms with van der Waals surface area (Å²) in [5, 5.41) is 0. The van der Waals surface area contributed by atoms with E-state index in [1.165, 1.54) is 36.1 Å². The monoisotopic (exact) mass is 325 g/mol. The number of para-hydroxylation sites is 1. The van der Waals surface area contributed by atoms with Crippen LogP contribution in [-0.4, -0.2) is 28.8 Å². The third-order valence-corrected chi connectivity index (χ3v) is 6.48. The van der Waals surface area contributed by atoms with Crippen LogP contribution in [0.15, 0.2) is 48.5 Å². The molecule has 1 aliphatic carbocycles. The van der Waals surface area contributed by atoms with Crippen LogP contribution in [0, 0.1) is 12.8 Å². The summed E-state index contributed by atoms with van der Waals surface area (Å²) < 4.78 is 0. The predicted molar refractivity (Wildman–Crippen MR) is 108 cm³/mol. The van der Waals surface area contributed by atoms with E-state index in [0.29, 0.717) is 11.7 Å². The Bertz CT molecular complexity index is 737. The van der Waals surface area contributed by atoms with Crippen molar-refractivity contribution in [3.63, 3.8) is 0 Å². The van der Waals surface area contributed by atoms with Gasteiger partial charge in [0.1, 0.15) is 7.85 Å².